The average molecular weight is 717 g/mol. The molecule has 316 valence electrons. The molecule has 0 aromatic rings. The molecule has 0 fully saturated rings. The van der Waals surface area contributed by atoms with Crippen molar-refractivity contribution in [2.24, 2.45) is 11.8 Å². The Morgan fingerprint density at radius 1 is 0.200 bits per heavy atom. The molecular formula is C50H116. The van der Waals surface area contributed by atoms with E-state index in [0.29, 0.717) is 0 Å². The third kappa shape index (κ3) is 135. The summed E-state index contributed by atoms with van der Waals surface area (Å²) in [6, 6.07) is 0. The van der Waals surface area contributed by atoms with E-state index in [1.54, 1.807) is 0 Å². The zero-order valence-corrected chi connectivity index (χ0v) is 40.4. The highest BCUT2D eigenvalue weighted by Gasteiger charge is 2.03. The van der Waals surface area contributed by atoms with Gasteiger partial charge in [0.15, 0.2) is 0 Å². The Labute approximate surface area is 328 Å². The van der Waals surface area contributed by atoms with Crippen LogP contribution in [0, 0.1) is 11.8 Å². The van der Waals surface area contributed by atoms with E-state index in [1.165, 1.54) is 193 Å². The molecule has 0 spiro atoms. The van der Waals surface area contributed by atoms with E-state index < -0.39 is 0 Å². The fraction of sp³-hybridized carbons (Fsp3) is 1.00. The first-order chi connectivity index (χ1) is 24.1. The second kappa shape index (κ2) is 87.1. The second-order valence-electron chi connectivity index (χ2n) is 14.9. The molecule has 0 rings (SSSR count). The van der Waals surface area contributed by atoms with Gasteiger partial charge in [-0.2, -0.15) is 0 Å². The summed E-state index contributed by atoms with van der Waals surface area (Å²) in [6.07, 6.45) is 41.4. The van der Waals surface area contributed by atoms with E-state index in [1.807, 2.05) is 0 Å². The van der Waals surface area contributed by atoms with Gasteiger partial charge >= 0.3 is 0 Å². The molecule has 0 heterocycles. The van der Waals surface area contributed by atoms with Crippen LogP contribution in [0.2, 0.25) is 0 Å². The van der Waals surface area contributed by atoms with Crippen molar-refractivity contribution in [3.05, 3.63) is 0 Å². The van der Waals surface area contributed by atoms with Gasteiger partial charge in [-0.3, -0.25) is 0 Å². The van der Waals surface area contributed by atoms with E-state index in [2.05, 4.69) is 125 Å². The standard InChI is InChI=1S/C9H20.C7H16.4C6H14.2C5H12/c1-5-8(3)7-9(4)6-2;1-3-5-7-6-4-2;4*1-3-5-6-4-2;2*1-3-5-4-2/h8-9H,5-7H2,1-4H3;3-7H2,1-2H3;4*3-6H2,1-2H3;2*3-5H2,1-2H3. The molecule has 0 saturated heterocycles. The minimum atomic E-state index is 0.931. The predicted molar refractivity (Wildman–Crippen MR) is 248 cm³/mol. The number of hydrogen-bond donors (Lipinski definition) is 0. The zero-order chi connectivity index (χ0) is 40.4. The highest BCUT2D eigenvalue weighted by molar-refractivity contribution is 4.55. The van der Waals surface area contributed by atoms with Crippen LogP contribution >= 0.6 is 0 Å². The first-order valence-electron chi connectivity index (χ1n) is 24.1. The minimum absolute atomic E-state index is 0.931. The van der Waals surface area contributed by atoms with E-state index in [9.17, 15) is 0 Å². The van der Waals surface area contributed by atoms with Crippen molar-refractivity contribution >= 4 is 0 Å². The third-order valence-corrected chi connectivity index (χ3v) is 8.65. The molecule has 0 aromatic carbocycles. The summed E-state index contributed by atoms with van der Waals surface area (Å²) < 4.78 is 0. The van der Waals surface area contributed by atoms with Gasteiger partial charge in [0.2, 0.25) is 0 Å². The van der Waals surface area contributed by atoms with Crippen LogP contribution in [-0.2, 0) is 0 Å². The molecule has 50 heavy (non-hydrogen) atoms. The van der Waals surface area contributed by atoms with Gasteiger partial charge in [0.1, 0.15) is 0 Å². The molecule has 0 aliphatic rings. The first kappa shape index (κ1) is 68.1. The fourth-order valence-corrected chi connectivity index (χ4v) is 4.40. The molecule has 2 atom stereocenters. The quantitative estimate of drug-likeness (QED) is 0.0872. The first-order valence-corrected chi connectivity index (χ1v) is 24.1. The van der Waals surface area contributed by atoms with Crippen molar-refractivity contribution in [2.45, 2.75) is 317 Å². The van der Waals surface area contributed by atoms with E-state index in [-0.39, 0.29) is 0 Å². The maximum atomic E-state index is 2.34. The highest BCUT2D eigenvalue weighted by atomic mass is 14.1. The zero-order valence-electron chi connectivity index (χ0n) is 40.4. The predicted octanol–water partition coefficient (Wildman–Crippen LogP) is 21.2. The molecular weight excluding hydrogens is 601 g/mol. The van der Waals surface area contributed by atoms with Crippen molar-refractivity contribution in [3.8, 4) is 0 Å². The number of rotatable bonds is 24. The molecule has 2 unspecified atom stereocenters. The average Bonchev–Trinajstić information content (AvgIpc) is 3.14. The number of unbranched alkanes of at least 4 members (excludes halogenated alkanes) is 20. The molecule has 0 saturated carbocycles. The van der Waals surface area contributed by atoms with E-state index in [4.69, 9.17) is 0 Å². The van der Waals surface area contributed by atoms with Gasteiger partial charge in [0.25, 0.3) is 0 Å². The van der Waals surface area contributed by atoms with Gasteiger partial charge in [-0.1, -0.05) is 311 Å². The van der Waals surface area contributed by atoms with Crippen LogP contribution in [0.25, 0.3) is 0 Å². The van der Waals surface area contributed by atoms with Crippen molar-refractivity contribution < 1.29 is 0 Å². The summed E-state index contributed by atoms with van der Waals surface area (Å²) in [5.41, 5.74) is 0. The van der Waals surface area contributed by atoms with Gasteiger partial charge in [-0.15, -0.1) is 0 Å². The molecule has 0 aliphatic carbocycles. The van der Waals surface area contributed by atoms with Gasteiger partial charge in [0, 0.05) is 0 Å². The lowest BCUT2D eigenvalue weighted by Crippen LogP contribution is -2.00. The third-order valence-electron chi connectivity index (χ3n) is 8.65. The Bertz CT molecular complexity index is 302. The van der Waals surface area contributed by atoms with Crippen LogP contribution in [0.3, 0.4) is 0 Å². The van der Waals surface area contributed by atoms with Crippen LogP contribution in [-0.4, -0.2) is 0 Å². The van der Waals surface area contributed by atoms with Crippen LogP contribution in [0.4, 0.5) is 0 Å². The van der Waals surface area contributed by atoms with Gasteiger partial charge in [-0.25, -0.2) is 0 Å². The van der Waals surface area contributed by atoms with Crippen molar-refractivity contribution in [1.82, 2.24) is 0 Å². The van der Waals surface area contributed by atoms with Crippen molar-refractivity contribution in [3.63, 3.8) is 0 Å². The highest BCUT2D eigenvalue weighted by Crippen LogP contribution is 2.16. The van der Waals surface area contributed by atoms with E-state index in [0.717, 1.165) is 11.8 Å². The smallest absolute Gasteiger partial charge is 0.0443 e. The number of hydrogen-bond acceptors (Lipinski definition) is 0. The van der Waals surface area contributed by atoms with E-state index >= 15 is 0 Å². The SMILES string of the molecule is CCC(C)CC(C)CC.CCCCC.CCCCC.CCCCCC.CCCCCC.CCCCCC.CCCCCC.CCCCCCC. The Kier molecular flexibility index (Phi) is 119. The summed E-state index contributed by atoms with van der Waals surface area (Å²) >= 11 is 0. The summed E-state index contributed by atoms with van der Waals surface area (Å²) in [4.78, 5) is 0. The maximum absolute atomic E-state index is 2.34. The monoisotopic (exact) mass is 717 g/mol. The second-order valence-corrected chi connectivity index (χ2v) is 14.9. The molecule has 0 bridgehead atoms. The lowest BCUT2D eigenvalue weighted by molar-refractivity contribution is 0.397. The maximum Gasteiger partial charge on any atom is -0.0443 e. The Hall–Kier alpha value is 0. The summed E-state index contributed by atoms with van der Waals surface area (Å²) in [7, 11) is 0. The molecule has 0 radical (unpaired) electrons. The van der Waals surface area contributed by atoms with Crippen LogP contribution < -0.4 is 0 Å². The van der Waals surface area contributed by atoms with Gasteiger partial charge in [-0.05, 0) is 18.3 Å². The Morgan fingerprint density at radius 3 is 0.440 bits per heavy atom. The Morgan fingerprint density at radius 2 is 0.340 bits per heavy atom. The molecule has 0 N–H and O–H groups in total. The summed E-state index contributed by atoms with van der Waals surface area (Å²) in [5.74, 6) is 1.86. The topological polar surface area (TPSA) is 0 Å². The van der Waals surface area contributed by atoms with Gasteiger partial charge < -0.3 is 0 Å². The Balaban J connectivity index is -0.0000000677. The minimum Gasteiger partial charge on any atom is -0.0654 e. The van der Waals surface area contributed by atoms with Crippen LogP contribution in [0.5, 0.6) is 0 Å². The molecule has 0 heteroatoms. The van der Waals surface area contributed by atoms with Gasteiger partial charge in [0.05, 0.1) is 0 Å². The largest absolute Gasteiger partial charge is 0.0654 e. The lowest BCUT2D eigenvalue weighted by atomic mass is 9.94. The molecule has 0 aromatic heterocycles. The fourth-order valence-electron chi connectivity index (χ4n) is 4.40. The summed E-state index contributed by atoms with van der Waals surface area (Å²) in [5, 5.41) is 0. The normalized spacial score (nSPS) is 10.4. The molecule has 0 nitrogen and oxygen atoms in total. The molecule has 0 aliphatic heterocycles. The summed E-state index contributed by atoms with van der Waals surface area (Å²) in [6.45, 7) is 40.4. The van der Waals surface area contributed by atoms with Crippen molar-refractivity contribution in [2.75, 3.05) is 0 Å². The van der Waals surface area contributed by atoms with Crippen LogP contribution in [0.1, 0.15) is 317 Å². The van der Waals surface area contributed by atoms with Crippen molar-refractivity contribution in [1.29, 1.82) is 0 Å². The lowest BCUT2D eigenvalue weighted by Gasteiger charge is -2.12. The molecule has 0 amide bonds. The van der Waals surface area contributed by atoms with Crippen LogP contribution in [0.15, 0.2) is 0 Å².